The van der Waals surface area contributed by atoms with Gasteiger partial charge in [0, 0.05) is 11.8 Å². The summed E-state index contributed by atoms with van der Waals surface area (Å²) in [6, 6.07) is 9.66. The molecular formula is C15H16O3. The van der Waals surface area contributed by atoms with E-state index < -0.39 is 0 Å². The van der Waals surface area contributed by atoms with E-state index in [4.69, 9.17) is 4.74 Å². The molecule has 18 heavy (non-hydrogen) atoms. The van der Waals surface area contributed by atoms with Gasteiger partial charge in [-0.2, -0.15) is 0 Å². The molecule has 3 nitrogen and oxygen atoms in total. The molecular weight excluding hydrogens is 228 g/mol. The Kier molecular flexibility index (Phi) is 2.69. The summed E-state index contributed by atoms with van der Waals surface area (Å²) in [7, 11) is 0. The van der Waals surface area contributed by atoms with Crippen LogP contribution in [0.25, 0.3) is 0 Å². The second-order valence-corrected chi connectivity index (χ2v) is 5.40. The van der Waals surface area contributed by atoms with Crippen LogP contribution in [0.3, 0.4) is 0 Å². The monoisotopic (exact) mass is 244 g/mol. The molecule has 3 rings (SSSR count). The predicted molar refractivity (Wildman–Crippen MR) is 65.6 cm³/mol. The van der Waals surface area contributed by atoms with Gasteiger partial charge in [-0.3, -0.25) is 9.59 Å². The summed E-state index contributed by atoms with van der Waals surface area (Å²) < 4.78 is 5.28. The number of ketones is 1. The maximum absolute atomic E-state index is 11.8. The Balaban J connectivity index is 1.48. The van der Waals surface area contributed by atoms with Gasteiger partial charge in [-0.1, -0.05) is 30.3 Å². The highest BCUT2D eigenvalue weighted by atomic mass is 16.5. The number of carbonyl (C=O) groups is 2. The fourth-order valence-electron chi connectivity index (χ4n) is 2.91. The van der Waals surface area contributed by atoms with Crippen LogP contribution in [0.5, 0.6) is 0 Å². The Labute approximate surface area is 106 Å². The van der Waals surface area contributed by atoms with Crippen molar-refractivity contribution in [3.05, 3.63) is 35.9 Å². The molecule has 0 bridgehead atoms. The molecule has 0 radical (unpaired) electrons. The normalized spacial score (nSPS) is 29.6. The third-order valence-electron chi connectivity index (χ3n) is 4.25. The van der Waals surface area contributed by atoms with Crippen LogP contribution in [0.15, 0.2) is 30.3 Å². The van der Waals surface area contributed by atoms with Crippen LogP contribution >= 0.6 is 0 Å². The second kappa shape index (κ2) is 4.23. The van der Waals surface area contributed by atoms with Gasteiger partial charge in [-0.25, -0.2) is 0 Å². The number of Topliss-reactive ketones (excluding diaryl/α,β-unsaturated/α-hetero) is 1. The average molecular weight is 244 g/mol. The van der Waals surface area contributed by atoms with Crippen molar-refractivity contribution < 1.29 is 14.3 Å². The third kappa shape index (κ3) is 1.84. The topological polar surface area (TPSA) is 43.4 Å². The number of hydrogen-bond acceptors (Lipinski definition) is 3. The Morgan fingerprint density at radius 3 is 2.56 bits per heavy atom. The van der Waals surface area contributed by atoms with E-state index in [0.29, 0.717) is 31.7 Å². The van der Waals surface area contributed by atoms with E-state index in [1.807, 2.05) is 30.3 Å². The van der Waals surface area contributed by atoms with E-state index in [1.54, 1.807) is 0 Å². The van der Waals surface area contributed by atoms with Crippen LogP contribution in [0.2, 0.25) is 0 Å². The standard InChI is InChI=1S/C15H16O3/c16-13-6-7-15(13)8-12(9-15)14(17)18-10-11-4-2-1-3-5-11/h1-5,12H,6-10H2. The first-order chi connectivity index (χ1) is 8.70. The highest BCUT2D eigenvalue weighted by Gasteiger charge is 2.57. The molecule has 2 aliphatic carbocycles. The fourth-order valence-corrected chi connectivity index (χ4v) is 2.91. The smallest absolute Gasteiger partial charge is 0.309 e. The Bertz CT molecular complexity index is 472. The first-order valence-corrected chi connectivity index (χ1v) is 6.43. The zero-order valence-electron chi connectivity index (χ0n) is 10.2. The van der Waals surface area contributed by atoms with Crippen molar-refractivity contribution in [2.75, 3.05) is 0 Å². The number of hydrogen-bond donors (Lipinski definition) is 0. The minimum atomic E-state index is -0.149. The molecule has 1 aromatic carbocycles. The zero-order valence-corrected chi connectivity index (χ0v) is 10.2. The summed E-state index contributed by atoms with van der Waals surface area (Å²) in [5.41, 5.74) is 0.871. The van der Waals surface area contributed by atoms with Gasteiger partial charge in [0.1, 0.15) is 12.4 Å². The quantitative estimate of drug-likeness (QED) is 0.767. The van der Waals surface area contributed by atoms with Crippen molar-refractivity contribution in [3.63, 3.8) is 0 Å². The van der Waals surface area contributed by atoms with Crippen molar-refractivity contribution in [2.24, 2.45) is 11.3 Å². The molecule has 2 saturated carbocycles. The van der Waals surface area contributed by atoms with Gasteiger partial charge >= 0.3 is 5.97 Å². The summed E-state index contributed by atoms with van der Waals surface area (Å²) in [6.45, 7) is 0.330. The van der Waals surface area contributed by atoms with Crippen molar-refractivity contribution in [2.45, 2.75) is 32.3 Å². The number of ether oxygens (including phenoxy) is 1. The van der Waals surface area contributed by atoms with Gasteiger partial charge in [0.2, 0.25) is 0 Å². The van der Waals surface area contributed by atoms with Crippen LogP contribution in [0.1, 0.15) is 31.2 Å². The summed E-state index contributed by atoms with van der Waals surface area (Å²) in [5.74, 6) is 0.136. The van der Waals surface area contributed by atoms with Crippen LogP contribution in [-0.4, -0.2) is 11.8 Å². The molecule has 0 aromatic heterocycles. The maximum atomic E-state index is 11.8. The van der Waals surface area contributed by atoms with Gasteiger partial charge in [0.25, 0.3) is 0 Å². The Morgan fingerprint density at radius 2 is 2.00 bits per heavy atom. The Morgan fingerprint density at radius 1 is 1.28 bits per heavy atom. The van der Waals surface area contributed by atoms with Gasteiger partial charge < -0.3 is 4.74 Å². The van der Waals surface area contributed by atoms with Crippen LogP contribution in [0.4, 0.5) is 0 Å². The Hall–Kier alpha value is -1.64. The molecule has 0 amide bonds. The van der Waals surface area contributed by atoms with Crippen LogP contribution < -0.4 is 0 Å². The second-order valence-electron chi connectivity index (χ2n) is 5.40. The molecule has 0 heterocycles. The molecule has 0 N–H and O–H groups in total. The lowest BCUT2D eigenvalue weighted by Crippen LogP contribution is -2.53. The van der Waals surface area contributed by atoms with Crippen molar-refractivity contribution >= 4 is 11.8 Å². The predicted octanol–water partition coefficient (Wildman–Crippen LogP) is 2.49. The fraction of sp³-hybridized carbons (Fsp3) is 0.467. The summed E-state index contributed by atoms with van der Waals surface area (Å²) in [6.07, 6.45) is 3.08. The molecule has 2 fully saturated rings. The van der Waals surface area contributed by atoms with Crippen LogP contribution in [0, 0.1) is 11.3 Å². The van der Waals surface area contributed by atoms with Crippen molar-refractivity contribution in [1.82, 2.24) is 0 Å². The van der Waals surface area contributed by atoms with E-state index >= 15 is 0 Å². The lowest BCUT2D eigenvalue weighted by atomic mass is 9.51. The maximum Gasteiger partial charge on any atom is 0.309 e. The summed E-state index contributed by atoms with van der Waals surface area (Å²) in [4.78, 5) is 23.2. The lowest BCUT2D eigenvalue weighted by molar-refractivity contribution is -0.167. The lowest BCUT2D eigenvalue weighted by Gasteiger charge is -2.51. The van der Waals surface area contributed by atoms with E-state index in [0.717, 1.165) is 12.0 Å². The minimum absolute atomic E-state index is 0.0574. The van der Waals surface area contributed by atoms with Crippen molar-refractivity contribution in [1.29, 1.82) is 0 Å². The van der Waals surface area contributed by atoms with Gasteiger partial charge in [0.05, 0.1) is 5.92 Å². The van der Waals surface area contributed by atoms with Crippen LogP contribution in [-0.2, 0) is 20.9 Å². The van der Waals surface area contributed by atoms with Gasteiger partial charge in [0.15, 0.2) is 0 Å². The SMILES string of the molecule is O=C(OCc1ccccc1)C1CC2(CCC2=O)C1. The molecule has 3 heteroatoms. The molecule has 0 saturated heterocycles. The third-order valence-corrected chi connectivity index (χ3v) is 4.25. The highest BCUT2D eigenvalue weighted by Crippen LogP contribution is 2.56. The van der Waals surface area contributed by atoms with Crippen molar-refractivity contribution in [3.8, 4) is 0 Å². The van der Waals surface area contributed by atoms with E-state index in [2.05, 4.69) is 0 Å². The number of rotatable bonds is 3. The number of esters is 1. The number of carbonyl (C=O) groups excluding carboxylic acids is 2. The zero-order chi connectivity index (χ0) is 12.6. The summed E-state index contributed by atoms with van der Waals surface area (Å²) >= 11 is 0. The molecule has 94 valence electrons. The first kappa shape index (κ1) is 11.5. The molecule has 2 aliphatic rings. The molecule has 0 unspecified atom stereocenters. The number of benzene rings is 1. The van der Waals surface area contributed by atoms with E-state index in [-0.39, 0.29) is 17.3 Å². The molecule has 1 spiro atoms. The van der Waals surface area contributed by atoms with E-state index in [1.165, 1.54) is 0 Å². The molecule has 0 aliphatic heterocycles. The summed E-state index contributed by atoms with van der Waals surface area (Å²) in [5, 5.41) is 0. The largest absolute Gasteiger partial charge is 0.461 e. The average Bonchev–Trinajstić information content (AvgIpc) is 2.34. The highest BCUT2D eigenvalue weighted by molar-refractivity contribution is 5.93. The van der Waals surface area contributed by atoms with Gasteiger partial charge in [-0.05, 0) is 24.8 Å². The van der Waals surface area contributed by atoms with E-state index in [9.17, 15) is 9.59 Å². The first-order valence-electron chi connectivity index (χ1n) is 6.43. The van der Waals surface area contributed by atoms with Gasteiger partial charge in [-0.15, -0.1) is 0 Å². The molecule has 1 aromatic rings. The molecule has 0 atom stereocenters. The minimum Gasteiger partial charge on any atom is -0.461 e.